The lowest BCUT2D eigenvalue weighted by Crippen LogP contribution is -2.20. The number of carbonyl (C=O) groups is 1. The van der Waals surface area contributed by atoms with Gasteiger partial charge in [0.1, 0.15) is 5.75 Å². The van der Waals surface area contributed by atoms with Crippen LogP contribution >= 0.6 is 23.2 Å². The molecule has 2 rings (SSSR count). The summed E-state index contributed by atoms with van der Waals surface area (Å²) in [6.45, 7) is 0.385. The van der Waals surface area contributed by atoms with Gasteiger partial charge in [0, 0.05) is 28.2 Å². The fourth-order valence-corrected chi connectivity index (χ4v) is 2.26. The molecule has 0 saturated heterocycles. The number of para-hydroxylation sites is 1. The van der Waals surface area contributed by atoms with Gasteiger partial charge >= 0.3 is 0 Å². The van der Waals surface area contributed by atoms with Crippen LogP contribution < -0.4 is 10.1 Å². The Bertz CT molecular complexity index is 699. The highest BCUT2D eigenvalue weighted by Gasteiger charge is 2.03. The fourth-order valence-electron chi connectivity index (χ4n) is 1.90. The summed E-state index contributed by atoms with van der Waals surface area (Å²) in [5, 5.41) is 3.90. The van der Waals surface area contributed by atoms with Crippen LogP contribution in [0.1, 0.15) is 11.1 Å². The number of hydrogen-bond acceptors (Lipinski definition) is 2. The van der Waals surface area contributed by atoms with Gasteiger partial charge in [0.05, 0.1) is 7.11 Å². The van der Waals surface area contributed by atoms with E-state index < -0.39 is 0 Å². The van der Waals surface area contributed by atoms with E-state index in [0.717, 1.165) is 11.3 Å². The summed E-state index contributed by atoms with van der Waals surface area (Å²) in [5.41, 5.74) is 1.61. The van der Waals surface area contributed by atoms with Crippen molar-refractivity contribution in [1.29, 1.82) is 0 Å². The third-order valence-corrected chi connectivity index (χ3v) is 3.60. The molecule has 0 atom stereocenters. The Kier molecular flexibility index (Phi) is 5.87. The number of rotatable bonds is 5. The van der Waals surface area contributed by atoms with E-state index in [2.05, 4.69) is 5.32 Å². The molecule has 5 heteroatoms. The van der Waals surface area contributed by atoms with Crippen LogP contribution in [0.3, 0.4) is 0 Å². The van der Waals surface area contributed by atoms with Crippen LogP contribution in [0.15, 0.2) is 48.5 Å². The summed E-state index contributed by atoms with van der Waals surface area (Å²) < 4.78 is 5.23. The third kappa shape index (κ3) is 4.52. The topological polar surface area (TPSA) is 38.3 Å². The van der Waals surface area contributed by atoms with Crippen molar-refractivity contribution in [3.8, 4) is 5.75 Å². The molecular weight excluding hydrogens is 321 g/mol. The first-order chi connectivity index (χ1) is 10.6. The lowest BCUT2D eigenvalue weighted by atomic mass is 10.2. The molecule has 3 nitrogen and oxygen atoms in total. The molecule has 0 aliphatic heterocycles. The maximum absolute atomic E-state index is 11.9. The molecule has 2 aromatic rings. The molecule has 0 bridgehead atoms. The monoisotopic (exact) mass is 335 g/mol. The van der Waals surface area contributed by atoms with Crippen LogP contribution in [-0.4, -0.2) is 13.0 Å². The van der Waals surface area contributed by atoms with Gasteiger partial charge in [0.15, 0.2) is 0 Å². The van der Waals surface area contributed by atoms with Crippen LogP contribution in [0.2, 0.25) is 10.0 Å². The number of amides is 1. The molecule has 0 saturated carbocycles. The van der Waals surface area contributed by atoms with Crippen molar-refractivity contribution in [1.82, 2.24) is 5.32 Å². The molecule has 0 aliphatic carbocycles. The quantitative estimate of drug-likeness (QED) is 0.826. The molecule has 0 heterocycles. The Morgan fingerprint density at radius 3 is 2.77 bits per heavy atom. The summed E-state index contributed by atoms with van der Waals surface area (Å²) in [7, 11) is 1.60. The largest absolute Gasteiger partial charge is 0.496 e. The van der Waals surface area contributed by atoms with E-state index in [1.165, 1.54) is 6.08 Å². The highest BCUT2D eigenvalue weighted by molar-refractivity contribution is 6.34. The van der Waals surface area contributed by atoms with Gasteiger partial charge < -0.3 is 10.1 Å². The lowest BCUT2D eigenvalue weighted by molar-refractivity contribution is -0.116. The van der Waals surface area contributed by atoms with E-state index in [9.17, 15) is 4.79 Å². The highest BCUT2D eigenvalue weighted by Crippen LogP contribution is 2.21. The fraction of sp³-hybridized carbons (Fsp3) is 0.118. The minimum absolute atomic E-state index is 0.220. The van der Waals surface area contributed by atoms with Crippen LogP contribution in [0.25, 0.3) is 6.08 Å². The first kappa shape index (κ1) is 16.4. The van der Waals surface area contributed by atoms with Crippen molar-refractivity contribution < 1.29 is 9.53 Å². The van der Waals surface area contributed by atoms with Crippen LogP contribution in [0.4, 0.5) is 0 Å². The molecule has 0 radical (unpaired) electrons. The molecule has 0 unspecified atom stereocenters. The van der Waals surface area contributed by atoms with Crippen molar-refractivity contribution in [2.75, 3.05) is 7.11 Å². The summed E-state index contributed by atoms with van der Waals surface area (Å²) in [6, 6.07) is 12.6. The first-order valence-electron chi connectivity index (χ1n) is 6.63. The molecule has 0 fully saturated rings. The average molecular weight is 336 g/mol. The normalized spacial score (nSPS) is 10.7. The predicted octanol–water partition coefficient (Wildman–Crippen LogP) is 4.33. The van der Waals surface area contributed by atoms with Gasteiger partial charge in [0.25, 0.3) is 0 Å². The Morgan fingerprint density at radius 2 is 2.00 bits per heavy atom. The zero-order valence-electron chi connectivity index (χ0n) is 12.0. The lowest BCUT2D eigenvalue weighted by Gasteiger charge is -2.08. The van der Waals surface area contributed by atoms with E-state index in [-0.39, 0.29) is 5.91 Å². The van der Waals surface area contributed by atoms with Gasteiger partial charge in [0.2, 0.25) is 5.91 Å². The van der Waals surface area contributed by atoms with E-state index in [1.54, 1.807) is 31.4 Å². The number of carbonyl (C=O) groups excluding carboxylic acids is 1. The zero-order valence-corrected chi connectivity index (χ0v) is 13.5. The molecule has 0 spiro atoms. The van der Waals surface area contributed by atoms with Crippen LogP contribution in [0, 0.1) is 0 Å². The van der Waals surface area contributed by atoms with E-state index in [4.69, 9.17) is 27.9 Å². The summed E-state index contributed by atoms with van der Waals surface area (Å²) in [6.07, 6.45) is 3.05. The molecule has 2 aromatic carbocycles. The second kappa shape index (κ2) is 7.87. The SMILES string of the molecule is COc1ccccc1CNC(=O)/C=C/c1cc(Cl)ccc1Cl. The number of nitrogens with one attached hydrogen (secondary N) is 1. The minimum atomic E-state index is -0.220. The number of ether oxygens (including phenoxy) is 1. The highest BCUT2D eigenvalue weighted by atomic mass is 35.5. The van der Waals surface area contributed by atoms with Gasteiger partial charge in [-0.15, -0.1) is 0 Å². The molecule has 114 valence electrons. The summed E-state index contributed by atoms with van der Waals surface area (Å²) >= 11 is 11.9. The molecule has 0 aliphatic rings. The molecule has 22 heavy (non-hydrogen) atoms. The van der Waals surface area contributed by atoms with Gasteiger partial charge in [-0.2, -0.15) is 0 Å². The maximum Gasteiger partial charge on any atom is 0.244 e. The van der Waals surface area contributed by atoms with E-state index in [0.29, 0.717) is 22.2 Å². The second-order valence-electron chi connectivity index (χ2n) is 4.53. The Labute approximate surface area is 139 Å². The number of halogens is 2. The van der Waals surface area contributed by atoms with Crippen molar-refractivity contribution in [3.63, 3.8) is 0 Å². The summed E-state index contributed by atoms with van der Waals surface area (Å²) in [5.74, 6) is 0.520. The second-order valence-corrected chi connectivity index (χ2v) is 5.37. The van der Waals surface area contributed by atoms with Crippen molar-refractivity contribution in [2.24, 2.45) is 0 Å². The smallest absolute Gasteiger partial charge is 0.244 e. The standard InChI is InChI=1S/C17H15Cl2NO2/c1-22-16-5-3-2-4-13(16)11-20-17(21)9-6-12-10-14(18)7-8-15(12)19/h2-10H,11H2,1H3,(H,20,21)/b9-6+. The Morgan fingerprint density at radius 1 is 1.23 bits per heavy atom. The van der Waals surface area contributed by atoms with Crippen molar-refractivity contribution in [2.45, 2.75) is 6.54 Å². The van der Waals surface area contributed by atoms with E-state index >= 15 is 0 Å². The van der Waals surface area contributed by atoms with Crippen LogP contribution in [0.5, 0.6) is 5.75 Å². The van der Waals surface area contributed by atoms with Gasteiger partial charge in [-0.3, -0.25) is 4.79 Å². The van der Waals surface area contributed by atoms with Crippen LogP contribution in [-0.2, 0) is 11.3 Å². The Balaban J connectivity index is 1.98. The van der Waals surface area contributed by atoms with Crippen molar-refractivity contribution >= 4 is 35.2 Å². The molecule has 1 N–H and O–H groups in total. The molecule has 0 aromatic heterocycles. The van der Waals surface area contributed by atoms with Crippen molar-refractivity contribution in [3.05, 3.63) is 69.7 Å². The number of methoxy groups -OCH3 is 1. The maximum atomic E-state index is 11.9. The Hall–Kier alpha value is -1.97. The molecule has 1 amide bonds. The first-order valence-corrected chi connectivity index (χ1v) is 7.38. The average Bonchev–Trinajstić information content (AvgIpc) is 2.54. The summed E-state index contributed by atoms with van der Waals surface area (Å²) in [4.78, 5) is 11.9. The predicted molar refractivity (Wildman–Crippen MR) is 90.3 cm³/mol. The third-order valence-electron chi connectivity index (χ3n) is 3.02. The van der Waals surface area contributed by atoms with Gasteiger partial charge in [-0.1, -0.05) is 41.4 Å². The minimum Gasteiger partial charge on any atom is -0.496 e. The van der Waals surface area contributed by atoms with Gasteiger partial charge in [-0.05, 0) is 35.9 Å². The van der Waals surface area contributed by atoms with E-state index in [1.807, 2.05) is 24.3 Å². The molecular formula is C17H15Cl2NO2. The van der Waals surface area contributed by atoms with Gasteiger partial charge in [-0.25, -0.2) is 0 Å². The number of hydrogen-bond donors (Lipinski definition) is 1. The zero-order chi connectivity index (χ0) is 15.9. The number of benzene rings is 2.